The number of hydrogen-bond donors (Lipinski definition) is 2. The SMILES string of the molecule is COc1cccc(OC)c1O.COc1cccc(OC)c1O.[C-]1=CC=CC1.[C-]1=CC=CC1.[Zr+2]. The van der Waals surface area contributed by atoms with Crippen molar-refractivity contribution in [2.45, 2.75) is 12.8 Å². The molecule has 0 spiro atoms. The Balaban J connectivity index is 0.000000434. The van der Waals surface area contributed by atoms with Gasteiger partial charge in [-0.2, -0.15) is 12.2 Å². The average molecular weight is 530 g/mol. The number of allylic oxidation sites excluding steroid dienone is 8. The summed E-state index contributed by atoms with van der Waals surface area (Å²) in [5, 5.41) is 18.7. The summed E-state index contributed by atoms with van der Waals surface area (Å²) in [6, 6.07) is 10.2. The molecule has 0 saturated heterocycles. The summed E-state index contributed by atoms with van der Waals surface area (Å²) in [5.74, 6) is 1.76. The maximum absolute atomic E-state index is 9.34. The molecule has 0 atom stereocenters. The fourth-order valence-corrected chi connectivity index (χ4v) is 2.34. The summed E-state index contributed by atoms with van der Waals surface area (Å²) < 4.78 is 19.4. The number of benzene rings is 2. The van der Waals surface area contributed by atoms with Gasteiger partial charge in [0.1, 0.15) is 0 Å². The first kappa shape index (κ1) is 30.1. The van der Waals surface area contributed by atoms with Crippen LogP contribution in [0.15, 0.2) is 72.9 Å². The minimum Gasteiger partial charge on any atom is -0.502 e. The normalized spacial score (nSPS) is 11.5. The van der Waals surface area contributed by atoms with Crippen molar-refractivity contribution in [3.05, 3.63) is 85.0 Å². The number of methoxy groups -OCH3 is 4. The third-order valence-electron chi connectivity index (χ3n) is 3.98. The second kappa shape index (κ2) is 18.6. The number of aromatic hydroxyl groups is 2. The van der Waals surface area contributed by atoms with Crippen LogP contribution in [-0.2, 0) is 26.2 Å². The van der Waals surface area contributed by atoms with E-state index >= 15 is 0 Å². The molecule has 6 nitrogen and oxygen atoms in total. The Morgan fingerprint density at radius 1 is 0.606 bits per heavy atom. The van der Waals surface area contributed by atoms with Crippen LogP contribution in [-0.4, -0.2) is 38.7 Å². The van der Waals surface area contributed by atoms with Crippen LogP contribution in [0.4, 0.5) is 0 Å². The summed E-state index contributed by atoms with van der Waals surface area (Å²) in [7, 11) is 5.98. The van der Waals surface area contributed by atoms with E-state index in [0.717, 1.165) is 12.8 Å². The minimum atomic E-state index is 0. The maximum Gasteiger partial charge on any atom is 2.00 e. The topological polar surface area (TPSA) is 77.4 Å². The van der Waals surface area contributed by atoms with Crippen LogP contribution in [0.3, 0.4) is 0 Å². The molecule has 2 N–H and O–H groups in total. The molecule has 7 heteroatoms. The molecule has 174 valence electrons. The first-order chi connectivity index (χ1) is 15.6. The molecule has 0 amide bonds. The zero-order valence-corrected chi connectivity index (χ0v) is 21.8. The van der Waals surface area contributed by atoms with E-state index in [2.05, 4.69) is 24.3 Å². The maximum atomic E-state index is 9.34. The van der Waals surface area contributed by atoms with Gasteiger partial charge in [-0.1, -0.05) is 12.1 Å². The molecule has 0 aromatic heterocycles. The van der Waals surface area contributed by atoms with Gasteiger partial charge in [0.25, 0.3) is 0 Å². The Morgan fingerprint density at radius 2 is 0.909 bits per heavy atom. The molecule has 2 aliphatic rings. The van der Waals surface area contributed by atoms with Gasteiger partial charge in [-0.3, -0.25) is 12.2 Å². The van der Waals surface area contributed by atoms with E-state index in [-0.39, 0.29) is 37.7 Å². The van der Waals surface area contributed by atoms with Crippen molar-refractivity contribution >= 4 is 0 Å². The summed E-state index contributed by atoms with van der Waals surface area (Å²) >= 11 is 0. The Bertz CT molecular complexity index is 779. The number of para-hydroxylation sites is 2. The number of ether oxygens (including phenoxy) is 4. The van der Waals surface area contributed by atoms with E-state index < -0.39 is 0 Å². The molecule has 2 aromatic rings. The van der Waals surface area contributed by atoms with Crippen LogP contribution in [0.2, 0.25) is 0 Å². The van der Waals surface area contributed by atoms with Crippen molar-refractivity contribution in [2.75, 3.05) is 28.4 Å². The van der Waals surface area contributed by atoms with Gasteiger partial charge in [0, 0.05) is 0 Å². The first-order valence-electron chi connectivity index (χ1n) is 9.82. The van der Waals surface area contributed by atoms with Crippen molar-refractivity contribution in [3.8, 4) is 34.5 Å². The number of phenols is 2. The van der Waals surface area contributed by atoms with Crippen molar-refractivity contribution in [3.63, 3.8) is 0 Å². The summed E-state index contributed by atoms with van der Waals surface area (Å²) in [5.41, 5.74) is 0. The largest absolute Gasteiger partial charge is 2.00 e. The van der Waals surface area contributed by atoms with E-state index in [4.69, 9.17) is 18.9 Å². The van der Waals surface area contributed by atoms with Crippen LogP contribution in [0.25, 0.3) is 0 Å². The molecule has 0 radical (unpaired) electrons. The molecule has 0 bridgehead atoms. The minimum absolute atomic E-state index is 0. The van der Waals surface area contributed by atoms with Crippen molar-refractivity contribution in [2.24, 2.45) is 0 Å². The third kappa shape index (κ3) is 11.5. The van der Waals surface area contributed by atoms with Gasteiger partial charge < -0.3 is 29.2 Å². The van der Waals surface area contributed by atoms with Crippen LogP contribution in [0.1, 0.15) is 12.8 Å². The van der Waals surface area contributed by atoms with Gasteiger partial charge in [0.15, 0.2) is 23.0 Å². The standard InChI is InChI=1S/2C8H10O3.2C5H5.Zr/c2*1-10-6-4-3-5-7(11-2)8(6)9;2*1-2-4-5-3-1;/h2*3-5,9H,1-2H3;2*1-3H,4H2;/q;;2*-1;+2. The second-order valence-corrected chi connectivity index (χ2v) is 6.03. The Labute approximate surface area is 215 Å². The monoisotopic (exact) mass is 528 g/mol. The molecule has 0 heterocycles. The zero-order valence-electron chi connectivity index (χ0n) is 19.4. The number of hydrogen-bond acceptors (Lipinski definition) is 6. The molecule has 2 aromatic carbocycles. The quantitative estimate of drug-likeness (QED) is 0.515. The van der Waals surface area contributed by atoms with Crippen molar-refractivity contribution in [1.82, 2.24) is 0 Å². The molecule has 0 fully saturated rings. The van der Waals surface area contributed by atoms with Crippen LogP contribution in [0, 0.1) is 12.2 Å². The number of phenolic OH excluding ortho intramolecular Hbond substituents is 2. The summed E-state index contributed by atoms with van der Waals surface area (Å²) in [6.45, 7) is 0. The Hall–Kier alpha value is -2.92. The van der Waals surface area contributed by atoms with Crippen molar-refractivity contribution in [1.29, 1.82) is 0 Å². The fourth-order valence-electron chi connectivity index (χ4n) is 2.34. The van der Waals surface area contributed by atoms with Crippen LogP contribution in [0.5, 0.6) is 34.5 Å². The summed E-state index contributed by atoms with van der Waals surface area (Å²) in [4.78, 5) is 0. The van der Waals surface area contributed by atoms with E-state index in [9.17, 15) is 10.2 Å². The molecule has 33 heavy (non-hydrogen) atoms. The van der Waals surface area contributed by atoms with Gasteiger partial charge in [-0.15, -0.1) is 12.8 Å². The molecular weight excluding hydrogens is 500 g/mol. The number of rotatable bonds is 4. The van der Waals surface area contributed by atoms with Gasteiger partial charge in [0.05, 0.1) is 28.4 Å². The molecule has 0 unspecified atom stereocenters. The Morgan fingerprint density at radius 3 is 1.06 bits per heavy atom. The molecule has 0 saturated carbocycles. The molecular formula is C26H30O6Zr. The predicted molar refractivity (Wildman–Crippen MR) is 126 cm³/mol. The zero-order chi connectivity index (χ0) is 23.6. The van der Waals surface area contributed by atoms with Gasteiger partial charge in [0.2, 0.25) is 11.5 Å². The van der Waals surface area contributed by atoms with E-state index in [0.29, 0.717) is 23.0 Å². The third-order valence-corrected chi connectivity index (χ3v) is 3.98. The molecule has 4 rings (SSSR count). The average Bonchev–Trinajstić information content (AvgIpc) is 3.59. The van der Waals surface area contributed by atoms with Crippen LogP contribution >= 0.6 is 0 Å². The van der Waals surface area contributed by atoms with E-state index in [1.54, 1.807) is 36.4 Å². The first-order valence-corrected chi connectivity index (χ1v) is 9.82. The smallest absolute Gasteiger partial charge is 0.502 e. The molecule has 0 aliphatic heterocycles. The van der Waals surface area contributed by atoms with E-state index in [1.165, 1.54) is 28.4 Å². The van der Waals surface area contributed by atoms with Gasteiger partial charge in [-0.05, 0) is 24.3 Å². The van der Waals surface area contributed by atoms with Crippen molar-refractivity contribution < 1.29 is 55.4 Å². The Kier molecular flexibility index (Phi) is 17.0. The summed E-state index contributed by atoms with van der Waals surface area (Å²) in [6.07, 6.45) is 20.0. The van der Waals surface area contributed by atoms with E-state index in [1.807, 2.05) is 24.3 Å². The second-order valence-electron chi connectivity index (χ2n) is 6.03. The van der Waals surface area contributed by atoms with Gasteiger partial charge in [-0.25, -0.2) is 24.3 Å². The van der Waals surface area contributed by atoms with Crippen LogP contribution < -0.4 is 18.9 Å². The molecule has 2 aliphatic carbocycles. The predicted octanol–water partition coefficient (Wildman–Crippen LogP) is 5.43. The van der Waals surface area contributed by atoms with Gasteiger partial charge >= 0.3 is 26.2 Å². The fraction of sp³-hybridized carbons (Fsp3) is 0.231.